The van der Waals surface area contributed by atoms with Gasteiger partial charge >= 0.3 is 0 Å². The number of halogens is 4. The van der Waals surface area contributed by atoms with Gasteiger partial charge in [-0.05, 0) is 64.0 Å². The van der Waals surface area contributed by atoms with Gasteiger partial charge < -0.3 is 10.6 Å². The highest BCUT2D eigenvalue weighted by molar-refractivity contribution is 9.10. The van der Waals surface area contributed by atoms with Crippen molar-refractivity contribution < 1.29 is 4.39 Å². The molecule has 0 saturated heterocycles. The molecule has 0 bridgehead atoms. The van der Waals surface area contributed by atoms with Crippen LogP contribution in [0.5, 0.6) is 0 Å². The van der Waals surface area contributed by atoms with E-state index in [0.717, 1.165) is 10.0 Å². The summed E-state index contributed by atoms with van der Waals surface area (Å²) >= 11 is 20.7. The van der Waals surface area contributed by atoms with Crippen molar-refractivity contribution >= 4 is 68.0 Å². The van der Waals surface area contributed by atoms with Crippen LogP contribution in [0.15, 0.2) is 53.1 Å². The Hall–Kier alpha value is -1.67. The van der Waals surface area contributed by atoms with Gasteiger partial charge in [-0.25, -0.2) is 4.39 Å². The molecule has 26 heavy (non-hydrogen) atoms. The van der Waals surface area contributed by atoms with Crippen LogP contribution in [0.1, 0.15) is 5.56 Å². The highest BCUT2D eigenvalue weighted by atomic mass is 79.9. The molecule has 0 atom stereocenters. The highest BCUT2D eigenvalue weighted by Crippen LogP contribution is 2.24. The summed E-state index contributed by atoms with van der Waals surface area (Å²) < 4.78 is 15.5. The summed E-state index contributed by atoms with van der Waals surface area (Å²) in [5.41, 5.74) is 1.60. The summed E-state index contributed by atoms with van der Waals surface area (Å²) in [6, 6.07) is 11.3. The van der Waals surface area contributed by atoms with Crippen LogP contribution in [0.4, 0.5) is 15.9 Å². The first-order chi connectivity index (χ1) is 12.4. The molecule has 3 rings (SSSR count). The molecular formula is C17H12BrCl2FN4S. The van der Waals surface area contributed by atoms with Gasteiger partial charge in [-0.2, -0.15) is 5.10 Å². The van der Waals surface area contributed by atoms with Gasteiger partial charge in [0, 0.05) is 21.9 Å². The lowest BCUT2D eigenvalue weighted by Gasteiger charge is -2.10. The zero-order valence-corrected chi connectivity index (χ0v) is 17.1. The Bertz CT molecular complexity index is 926. The molecule has 2 N–H and O–H groups in total. The van der Waals surface area contributed by atoms with Gasteiger partial charge in [0.05, 0.1) is 11.0 Å². The Kier molecular flexibility index (Phi) is 6.13. The smallest absolute Gasteiger partial charge is 0.176 e. The topological polar surface area (TPSA) is 41.9 Å². The average molecular weight is 474 g/mol. The molecule has 1 aromatic heterocycles. The molecule has 9 heteroatoms. The van der Waals surface area contributed by atoms with Crippen LogP contribution in [0.2, 0.25) is 10.0 Å². The van der Waals surface area contributed by atoms with Gasteiger partial charge in [0.2, 0.25) is 0 Å². The number of nitrogens with zero attached hydrogens (tertiary/aromatic N) is 2. The second-order valence-corrected chi connectivity index (χ2v) is 7.52. The second-order valence-electron chi connectivity index (χ2n) is 5.39. The van der Waals surface area contributed by atoms with Gasteiger partial charge in [0.1, 0.15) is 5.82 Å². The summed E-state index contributed by atoms with van der Waals surface area (Å²) in [5, 5.41) is 11.8. The minimum atomic E-state index is -0.268. The lowest BCUT2D eigenvalue weighted by Crippen LogP contribution is -2.19. The molecule has 0 spiro atoms. The largest absolute Gasteiger partial charge is 0.332 e. The van der Waals surface area contributed by atoms with Crippen molar-refractivity contribution in [3.63, 3.8) is 0 Å². The maximum atomic E-state index is 13.0. The third-order valence-electron chi connectivity index (χ3n) is 3.33. The van der Waals surface area contributed by atoms with Crippen LogP contribution in [0.3, 0.4) is 0 Å². The van der Waals surface area contributed by atoms with Crippen LogP contribution in [0, 0.1) is 5.82 Å². The van der Waals surface area contributed by atoms with Crippen LogP contribution in [-0.2, 0) is 6.54 Å². The maximum Gasteiger partial charge on any atom is 0.176 e. The van der Waals surface area contributed by atoms with E-state index in [1.165, 1.54) is 12.1 Å². The molecule has 2 aromatic carbocycles. The van der Waals surface area contributed by atoms with E-state index in [1.54, 1.807) is 35.0 Å². The van der Waals surface area contributed by atoms with E-state index in [4.69, 9.17) is 35.4 Å². The molecule has 0 radical (unpaired) electrons. The second kappa shape index (κ2) is 8.35. The van der Waals surface area contributed by atoms with E-state index in [-0.39, 0.29) is 5.82 Å². The molecule has 0 aliphatic heterocycles. The third kappa shape index (κ3) is 5.17. The predicted octanol–water partition coefficient (Wildman–Crippen LogP) is 5.95. The first-order valence-electron chi connectivity index (χ1n) is 7.40. The van der Waals surface area contributed by atoms with Gasteiger partial charge in [0.15, 0.2) is 10.9 Å². The lowest BCUT2D eigenvalue weighted by atomic mass is 10.2. The fraction of sp³-hybridized carbons (Fsp3) is 0.0588. The Morgan fingerprint density at radius 1 is 1.12 bits per heavy atom. The average Bonchev–Trinajstić information content (AvgIpc) is 2.88. The monoisotopic (exact) mass is 472 g/mol. The Morgan fingerprint density at radius 2 is 1.77 bits per heavy atom. The molecule has 3 aromatic rings. The van der Waals surface area contributed by atoms with E-state index in [2.05, 4.69) is 31.7 Å². The van der Waals surface area contributed by atoms with Gasteiger partial charge in [-0.15, -0.1) is 0 Å². The molecule has 0 unspecified atom stereocenters. The molecule has 0 saturated carbocycles. The molecule has 0 aliphatic rings. The fourth-order valence-corrected chi connectivity index (χ4v) is 3.39. The summed E-state index contributed by atoms with van der Waals surface area (Å²) in [4.78, 5) is 0. The number of nitrogens with one attached hydrogen (secondary N) is 2. The zero-order valence-electron chi connectivity index (χ0n) is 13.1. The number of anilines is 2. The minimum Gasteiger partial charge on any atom is -0.332 e. The first-order valence-corrected chi connectivity index (χ1v) is 9.36. The summed E-state index contributed by atoms with van der Waals surface area (Å²) in [6.07, 6.45) is 1.81. The number of aromatic nitrogens is 2. The van der Waals surface area contributed by atoms with Crippen LogP contribution < -0.4 is 10.6 Å². The number of hydrogen-bond acceptors (Lipinski definition) is 2. The van der Waals surface area contributed by atoms with Crippen LogP contribution >= 0.6 is 51.3 Å². The van der Waals surface area contributed by atoms with Crippen LogP contribution in [-0.4, -0.2) is 14.9 Å². The normalized spacial score (nSPS) is 10.6. The maximum absolute atomic E-state index is 13.0. The SMILES string of the molecule is Fc1ccc(Cn2cc(Br)c(NC(=S)Nc3cc(Cl)cc(Cl)c3)n2)cc1. The lowest BCUT2D eigenvalue weighted by molar-refractivity contribution is 0.624. The molecule has 0 fully saturated rings. The zero-order chi connectivity index (χ0) is 18.7. The van der Waals surface area contributed by atoms with Crippen molar-refractivity contribution in [3.05, 3.63) is 74.6 Å². The quantitative estimate of drug-likeness (QED) is 0.459. The van der Waals surface area contributed by atoms with Crippen molar-refractivity contribution in [2.75, 3.05) is 10.6 Å². The van der Waals surface area contributed by atoms with Gasteiger partial charge in [-0.3, -0.25) is 4.68 Å². The predicted molar refractivity (Wildman–Crippen MR) is 112 cm³/mol. The van der Waals surface area contributed by atoms with E-state index >= 15 is 0 Å². The van der Waals surface area contributed by atoms with Gasteiger partial charge in [-0.1, -0.05) is 35.3 Å². The van der Waals surface area contributed by atoms with E-state index in [1.807, 2.05) is 6.20 Å². The summed E-state index contributed by atoms with van der Waals surface area (Å²) in [5.74, 6) is 0.285. The van der Waals surface area contributed by atoms with Crippen molar-refractivity contribution in [3.8, 4) is 0 Å². The molecule has 0 aliphatic carbocycles. The number of rotatable bonds is 4. The van der Waals surface area contributed by atoms with Crippen LogP contribution in [0.25, 0.3) is 0 Å². The Morgan fingerprint density at radius 3 is 2.42 bits per heavy atom. The molecule has 0 amide bonds. The van der Waals surface area contributed by atoms with E-state index < -0.39 is 0 Å². The van der Waals surface area contributed by atoms with Crippen molar-refractivity contribution in [2.24, 2.45) is 0 Å². The van der Waals surface area contributed by atoms with Gasteiger partial charge in [0.25, 0.3) is 0 Å². The van der Waals surface area contributed by atoms with Crippen molar-refractivity contribution in [1.82, 2.24) is 9.78 Å². The molecular weight excluding hydrogens is 462 g/mol. The fourth-order valence-electron chi connectivity index (χ4n) is 2.24. The third-order valence-corrected chi connectivity index (χ3v) is 4.55. The van der Waals surface area contributed by atoms with E-state index in [0.29, 0.717) is 33.2 Å². The minimum absolute atomic E-state index is 0.268. The number of hydrogen-bond donors (Lipinski definition) is 2. The molecule has 1 heterocycles. The Labute approximate surface area is 173 Å². The standard InChI is InChI=1S/C17H12BrCl2FN4S/c18-15-9-25(8-10-1-3-13(21)4-2-10)24-16(15)23-17(26)22-14-6-11(19)5-12(20)7-14/h1-7,9H,8H2,(H2,22,23,24,26). The van der Waals surface area contributed by atoms with E-state index in [9.17, 15) is 4.39 Å². The highest BCUT2D eigenvalue weighted by Gasteiger charge is 2.09. The first kappa shape index (κ1) is 19.1. The number of thiocarbonyl (C=S) groups is 1. The molecule has 4 nitrogen and oxygen atoms in total. The summed E-state index contributed by atoms with van der Waals surface area (Å²) in [6.45, 7) is 0.505. The Balaban J connectivity index is 1.66. The van der Waals surface area contributed by atoms with Crippen molar-refractivity contribution in [1.29, 1.82) is 0 Å². The molecule has 134 valence electrons. The van der Waals surface area contributed by atoms with Crippen molar-refractivity contribution in [2.45, 2.75) is 6.54 Å². The summed E-state index contributed by atoms with van der Waals surface area (Å²) in [7, 11) is 0. The number of benzene rings is 2.